The largest absolute Gasteiger partial charge is 0.349 e. The summed E-state index contributed by atoms with van der Waals surface area (Å²) in [5.74, 6) is 0. The van der Waals surface area contributed by atoms with Crippen molar-refractivity contribution in [3.05, 3.63) is 39.4 Å². The Hall–Kier alpha value is -0.720. The van der Waals surface area contributed by atoms with Crippen LogP contribution in [0.5, 0.6) is 0 Å². The Labute approximate surface area is 107 Å². The molecule has 0 heterocycles. The first-order valence-corrected chi connectivity index (χ1v) is 8.83. The molecule has 1 atom stereocenters. The van der Waals surface area contributed by atoms with Gasteiger partial charge in [0.05, 0.1) is 4.90 Å². The fraction of sp³-hybridized carbons (Fsp3) is 0.400. The van der Waals surface area contributed by atoms with Crippen molar-refractivity contribution < 1.29 is 19.0 Å². The van der Waals surface area contributed by atoms with Gasteiger partial charge in [0.15, 0.2) is 0 Å². The molecule has 102 valence electrons. The lowest BCUT2D eigenvalue weighted by molar-refractivity contribution is -0.289. The quantitative estimate of drug-likeness (QED) is 0.445. The highest BCUT2D eigenvalue weighted by Crippen LogP contribution is 2.41. The van der Waals surface area contributed by atoms with Crippen molar-refractivity contribution in [3.8, 4) is 0 Å². The molecule has 18 heavy (non-hydrogen) atoms. The van der Waals surface area contributed by atoms with Crippen molar-refractivity contribution in [1.29, 1.82) is 0 Å². The molecule has 0 aliphatic rings. The van der Waals surface area contributed by atoms with Gasteiger partial charge in [0.25, 0.3) is 0 Å². The van der Waals surface area contributed by atoms with Crippen molar-refractivity contribution in [2.24, 2.45) is 0 Å². The van der Waals surface area contributed by atoms with Gasteiger partial charge in [-0.05, 0) is 30.0 Å². The minimum atomic E-state index is -4.55. The SMILES string of the molecule is CCc1cccc(S([N+](=O)[O-])=P(O)(O)O)c1CC. The zero-order chi connectivity index (χ0) is 13.9. The normalized spacial score (nSPS) is 13.4. The van der Waals surface area contributed by atoms with Crippen LogP contribution >= 0.6 is 6.72 Å². The van der Waals surface area contributed by atoms with Crippen LogP contribution in [0, 0.1) is 10.1 Å². The topological polar surface area (TPSA) is 104 Å². The molecule has 1 rings (SSSR count). The molecule has 1 aromatic carbocycles. The summed E-state index contributed by atoms with van der Waals surface area (Å²) in [7, 11) is -2.18. The van der Waals surface area contributed by atoms with Crippen LogP contribution in [0.25, 0.3) is 0 Å². The van der Waals surface area contributed by atoms with Crippen molar-refractivity contribution in [2.75, 3.05) is 0 Å². The van der Waals surface area contributed by atoms with Crippen LogP contribution in [0.2, 0.25) is 0 Å². The average Bonchev–Trinajstić information content (AvgIpc) is 2.26. The number of aryl methyl sites for hydroxylation is 1. The van der Waals surface area contributed by atoms with E-state index >= 15 is 0 Å². The summed E-state index contributed by atoms with van der Waals surface area (Å²) in [6.45, 7) is -0.788. The van der Waals surface area contributed by atoms with Gasteiger partial charge < -0.3 is 14.7 Å². The van der Waals surface area contributed by atoms with Crippen LogP contribution in [0.1, 0.15) is 25.0 Å². The minimum absolute atomic E-state index is 0.211. The van der Waals surface area contributed by atoms with Crippen LogP contribution in [0.3, 0.4) is 0 Å². The van der Waals surface area contributed by atoms with Gasteiger partial charge in [0.1, 0.15) is 4.33 Å². The summed E-state index contributed by atoms with van der Waals surface area (Å²) in [5.41, 5.74) is 1.63. The fourth-order valence-corrected chi connectivity index (χ4v) is 4.96. The fourth-order valence-electron chi connectivity index (χ4n) is 1.82. The standard InChI is InChI=1S/C10H16NO5PS/c1-3-8-6-5-7-10(9(8)4-2)18(11(12)13)17(14,15)16/h5-7,14-16H,3-4H2,1-2H3. The van der Waals surface area contributed by atoms with Gasteiger partial charge in [-0.15, -0.1) is 0 Å². The van der Waals surface area contributed by atoms with E-state index in [0.29, 0.717) is 18.4 Å². The van der Waals surface area contributed by atoms with Crippen molar-refractivity contribution >= 4 is 17.0 Å². The monoisotopic (exact) mass is 293 g/mol. The van der Waals surface area contributed by atoms with E-state index in [0.717, 1.165) is 5.56 Å². The summed E-state index contributed by atoms with van der Waals surface area (Å²) in [6.07, 6.45) is 1.23. The summed E-state index contributed by atoms with van der Waals surface area (Å²) >= 11 is 0. The molecule has 0 spiro atoms. The van der Waals surface area contributed by atoms with Crippen LogP contribution in [0.4, 0.5) is 0 Å². The molecule has 0 aliphatic carbocycles. The van der Waals surface area contributed by atoms with Gasteiger partial charge in [-0.2, -0.15) is 0 Å². The predicted molar refractivity (Wildman–Crippen MR) is 71.4 cm³/mol. The Kier molecular flexibility index (Phi) is 5.07. The molecular formula is C10H16NO5PS. The summed E-state index contributed by atoms with van der Waals surface area (Å²) < 4.78 is -0.818. The first kappa shape index (κ1) is 15.3. The second-order valence-corrected chi connectivity index (χ2v) is 8.40. The Morgan fingerprint density at radius 2 is 1.89 bits per heavy atom. The van der Waals surface area contributed by atoms with Crippen LogP contribution < -0.4 is 0 Å². The molecule has 3 N–H and O–H groups in total. The zero-order valence-electron chi connectivity index (χ0n) is 10.1. The molecule has 0 aromatic heterocycles. The van der Waals surface area contributed by atoms with Crippen molar-refractivity contribution in [2.45, 2.75) is 31.6 Å². The van der Waals surface area contributed by atoms with Gasteiger partial charge >= 0.3 is 6.72 Å². The van der Waals surface area contributed by atoms with Crippen molar-refractivity contribution in [1.82, 2.24) is 0 Å². The van der Waals surface area contributed by atoms with Gasteiger partial charge in [0, 0.05) is 0 Å². The van der Waals surface area contributed by atoms with Gasteiger partial charge in [-0.3, -0.25) is 10.1 Å². The Morgan fingerprint density at radius 1 is 1.28 bits per heavy atom. The number of hydrogen-bond donors (Lipinski definition) is 3. The Bertz CT molecular complexity index is 517. The van der Waals surface area contributed by atoms with Crippen LogP contribution in [0.15, 0.2) is 23.1 Å². The number of nitro groups is 1. The molecule has 0 amide bonds. The smallest absolute Gasteiger partial charge is 0.324 e. The Balaban J connectivity index is 3.64. The maximum absolute atomic E-state index is 11.0. The molecule has 0 saturated heterocycles. The van der Waals surface area contributed by atoms with E-state index in [1.54, 1.807) is 6.07 Å². The second-order valence-electron chi connectivity index (χ2n) is 3.60. The number of benzene rings is 1. The average molecular weight is 293 g/mol. The Morgan fingerprint density at radius 3 is 2.28 bits per heavy atom. The van der Waals surface area contributed by atoms with Gasteiger partial charge in [-0.25, -0.2) is 0 Å². The van der Waals surface area contributed by atoms with E-state index in [9.17, 15) is 24.8 Å². The number of rotatable bonds is 4. The van der Waals surface area contributed by atoms with E-state index in [2.05, 4.69) is 0 Å². The molecule has 0 bridgehead atoms. The third-order valence-electron chi connectivity index (χ3n) is 2.53. The maximum atomic E-state index is 11.0. The molecule has 0 fully saturated rings. The summed E-state index contributed by atoms with van der Waals surface area (Å²) in [4.78, 5) is 39.0. The summed E-state index contributed by atoms with van der Waals surface area (Å²) in [6, 6.07) is 4.95. The van der Waals surface area contributed by atoms with Crippen LogP contribution in [-0.2, 0) is 23.1 Å². The van der Waals surface area contributed by atoms with E-state index in [-0.39, 0.29) is 4.90 Å². The third-order valence-corrected chi connectivity index (χ3v) is 6.44. The number of hydrogen-bond acceptors (Lipinski definition) is 2. The van der Waals surface area contributed by atoms with Crippen molar-refractivity contribution in [3.63, 3.8) is 0 Å². The molecule has 8 heteroatoms. The molecule has 1 aromatic rings. The third kappa shape index (κ3) is 3.18. The highest BCUT2D eigenvalue weighted by Gasteiger charge is 2.29. The highest BCUT2D eigenvalue weighted by molar-refractivity contribution is 8.24. The van der Waals surface area contributed by atoms with Gasteiger partial charge in [0.2, 0.25) is 10.3 Å². The lowest BCUT2D eigenvalue weighted by Crippen LogP contribution is -2.10. The lowest BCUT2D eigenvalue weighted by Gasteiger charge is -2.13. The lowest BCUT2D eigenvalue weighted by atomic mass is 10.0. The van der Waals surface area contributed by atoms with E-state index in [1.807, 2.05) is 19.9 Å². The second kappa shape index (κ2) is 5.95. The maximum Gasteiger partial charge on any atom is 0.349 e. The van der Waals surface area contributed by atoms with E-state index in [1.165, 1.54) is 6.07 Å². The predicted octanol–water partition coefficient (Wildman–Crippen LogP) is 1.63. The van der Waals surface area contributed by atoms with Crippen LogP contribution in [-0.4, -0.2) is 19.0 Å². The summed E-state index contributed by atoms with van der Waals surface area (Å²) in [5, 5.41) is 11.0. The molecular weight excluding hydrogens is 277 g/mol. The first-order valence-electron chi connectivity index (χ1n) is 5.40. The molecule has 1 unspecified atom stereocenters. The minimum Gasteiger partial charge on any atom is -0.324 e. The molecule has 0 radical (unpaired) electrons. The van der Waals surface area contributed by atoms with Gasteiger partial charge in [-0.1, -0.05) is 26.0 Å². The number of nitrogens with zero attached hydrogens (tertiary/aromatic N) is 1. The first-order chi connectivity index (χ1) is 8.32. The zero-order valence-corrected chi connectivity index (χ0v) is 11.8. The van der Waals surface area contributed by atoms with E-state index < -0.39 is 21.3 Å². The van der Waals surface area contributed by atoms with E-state index in [4.69, 9.17) is 0 Å². The molecule has 0 aliphatic heterocycles. The molecule has 6 nitrogen and oxygen atoms in total. The molecule has 0 saturated carbocycles. The highest BCUT2D eigenvalue weighted by atomic mass is 32.5.